The van der Waals surface area contributed by atoms with Gasteiger partial charge >= 0.3 is 6.09 Å². The van der Waals surface area contributed by atoms with Gasteiger partial charge in [0, 0.05) is 37.3 Å². The Labute approximate surface area is 200 Å². The molecular weight excluding hydrogens is 432 g/mol. The summed E-state index contributed by atoms with van der Waals surface area (Å²) in [4.78, 5) is 19.1. The van der Waals surface area contributed by atoms with E-state index in [-0.39, 0.29) is 12.1 Å². The van der Waals surface area contributed by atoms with Crippen molar-refractivity contribution in [2.24, 2.45) is 0 Å². The minimum Gasteiger partial charge on any atom is -0.497 e. The third-order valence-electron chi connectivity index (χ3n) is 5.80. The zero-order chi connectivity index (χ0) is 24.3. The maximum atomic E-state index is 12.6. The fourth-order valence-corrected chi connectivity index (χ4v) is 4.08. The van der Waals surface area contributed by atoms with E-state index in [1.54, 1.807) is 18.2 Å². The molecule has 0 saturated carbocycles. The molecule has 0 radical (unpaired) electrons. The Morgan fingerprint density at radius 3 is 2.68 bits per heavy atom. The van der Waals surface area contributed by atoms with Crippen molar-refractivity contribution >= 4 is 23.4 Å². The third-order valence-corrected chi connectivity index (χ3v) is 5.80. The molecule has 9 nitrogen and oxygen atoms in total. The topological polar surface area (TPSA) is 93.0 Å². The molecule has 34 heavy (non-hydrogen) atoms. The highest BCUT2D eigenvalue weighted by molar-refractivity contribution is 5.69. The minimum atomic E-state index is -0.507. The van der Waals surface area contributed by atoms with Gasteiger partial charge < -0.3 is 25.0 Å². The molecule has 1 unspecified atom stereocenters. The highest BCUT2D eigenvalue weighted by Crippen LogP contribution is 2.26. The Hall–Kier alpha value is -3.49. The number of methoxy groups -OCH3 is 1. The van der Waals surface area contributed by atoms with Crippen LogP contribution < -0.4 is 15.4 Å². The number of nitrogens with one attached hydrogen (secondary N) is 2. The van der Waals surface area contributed by atoms with E-state index < -0.39 is 5.60 Å². The summed E-state index contributed by atoms with van der Waals surface area (Å²) < 4.78 is 12.6. The average molecular weight is 467 g/mol. The number of carbonyl (C=O) groups excluding carboxylic acids is 1. The highest BCUT2D eigenvalue weighted by atomic mass is 16.6. The minimum absolute atomic E-state index is 0.0901. The van der Waals surface area contributed by atoms with E-state index in [1.165, 1.54) is 0 Å². The first-order valence-corrected chi connectivity index (χ1v) is 11.7. The van der Waals surface area contributed by atoms with Crippen LogP contribution in [0.1, 0.15) is 44.7 Å². The lowest BCUT2D eigenvalue weighted by atomic mass is 10.1. The molecule has 1 amide bonds. The summed E-state index contributed by atoms with van der Waals surface area (Å²) in [5.74, 6) is 2.51. The summed E-state index contributed by atoms with van der Waals surface area (Å²) in [7, 11) is 1.66. The standard InChI is InChI=1S/C25H34N6O3/c1-17-22(28-19-7-6-14-30(16-19)24(32)34-25(2,3)4)29-21-12-13-27-31(21)23(17)26-15-18-8-10-20(33-5)11-9-18/h8-13,19,26H,6-7,14-16H2,1-5H3,(H,28,29). The van der Waals surface area contributed by atoms with Gasteiger partial charge in [0.1, 0.15) is 23.0 Å². The van der Waals surface area contributed by atoms with Crippen LogP contribution in [-0.4, -0.2) is 57.4 Å². The van der Waals surface area contributed by atoms with Crippen LogP contribution in [0.25, 0.3) is 5.65 Å². The quantitative estimate of drug-likeness (QED) is 0.554. The number of rotatable bonds is 6. The van der Waals surface area contributed by atoms with Gasteiger partial charge in [0.05, 0.1) is 13.3 Å². The lowest BCUT2D eigenvalue weighted by molar-refractivity contribution is 0.0206. The SMILES string of the molecule is COc1ccc(CNc2c(C)c(NC3CCCN(C(=O)OC(C)(C)C)C3)nc3ccnn23)cc1. The average Bonchev–Trinajstić information content (AvgIpc) is 3.27. The number of piperidine rings is 1. The number of likely N-dealkylation sites (tertiary alicyclic amines) is 1. The Balaban J connectivity index is 1.50. The molecule has 2 N–H and O–H groups in total. The number of amides is 1. The number of ether oxygens (including phenoxy) is 2. The summed E-state index contributed by atoms with van der Waals surface area (Å²) in [5.41, 5.74) is 2.35. The highest BCUT2D eigenvalue weighted by Gasteiger charge is 2.28. The van der Waals surface area contributed by atoms with Gasteiger partial charge in [-0.25, -0.2) is 9.78 Å². The Morgan fingerprint density at radius 2 is 1.97 bits per heavy atom. The first-order chi connectivity index (χ1) is 16.2. The Kier molecular flexibility index (Phi) is 6.81. The lowest BCUT2D eigenvalue weighted by Crippen LogP contribution is -2.47. The number of fused-ring (bicyclic) bond motifs is 1. The van der Waals surface area contributed by atoms with Crippen molar-refractivity contribution < 1.29 is 14.3 Å². The van der Waals surface area contributed by atoms with Crippen LogP contribution in [0.5, 0.6) is 5.75 Å². The molecule has 3 aromatic rings. The van der Waals surface area contributed by atoms with E-state index in [1.807, 2.05) is 62.5 Å². The third kappa shape index (κ3) is 5.52. The zero-order valence-corrected chi connectivity index (χ0v) is 20.6. The zero-order valence-electron chi connectivity index (χ0n) is 20.6. The maximum Gasteiger partial charge on any atom is 0.410 e. The smallest absolute Gasteiger partial charge is 0.410 e. The fourth-order valence-electron chi connectivity index (χ4n) is 4.08. The fraction of sp³-hybridized carbons (Fsp3) is 0.480. The number of hydrogen-bond acceptors (Lipinski definition) is 7. The molecule has 0 aliphatic carbocycles. The van der Waals surface area contributed by atoms with E-state index in [0.717, 1.165) is 47.0 Å². The van der Waals surface area contributed by atoms with Gasteiger partial charge in [0.25, 0.3) is 0 Å². The molecule has 1 fully saturated rings. The van der Waals surface area contributed by atoms with Gasteiger partial charge in [-0.3, -0.25) is 0 Å². The molecule has 182 valence electrons. The number of nitrogens with zero attached hydrogens (tertiary/aromatic N) is 4. The normalized spacial score (nSPS) is 16.4. The molecule has 0 spiro atoms. The molecule has 1 aliphatic heterocycles. The van der Waals surface area contributed by atoms with E-state index in [9.17, 15) is 4.79 Å². The van der Waals surface area contributed by atoms with Crippen LogP contribution in [-0.2, 0) is 11.3 Å². The van der Waals surface area contributed by atoms with Gasteiger partial charge in [0.2, 0.25) is 0 Å². The number of aromatic nitrogens is 3. The molecule has 2 aromatic heterocycles. The Bertz CT molecular complexity index is 1140. The molecule has 1 saturated heterocycles. The van der Waals surface area contributed by atoms with Crippen molar-refractivity contribution in [2.45, 2.75) is 58.7 Å². The van der Waals surface area contributed by atoms with E-state index in [0.29, 0.717) is 19.6 Å². The van der Waals surface area contributed by atoms with Crippen molar-refractivity contribution in [3.63, 3.8) is 0 Å². The van der Waals surface area contributed by atoms with E-state index in [2.05, 4.69) is 15.7 Å². The monoisotopic (exact) mass is 466 g/mol. The van der Waals surface area contributed by atoms with Gasteiger partial charge in [-0.15, -0.1) is 0 Å². The van der Waals surface area contributed by atoms with E-state index >= 15 is 0 Å². The summed E-state index contributed by atoms with van der Waals surface area (Å²) in [6.07, 6.45) is 3.35. The summed E-state index contributed by atoms with van der Waals surface area (Å²) >= 11 is 0. The second-order valence-electron chi connectivity index (χ2n) is 9.65. The van der Waals surface area contributed by atoms with Crippen molar-refractivity contribution in [1.29, 1.82) is 0 Å². The number of hydrogen-bond donors (Lipinski definition) is 2. The van der Waals surface area contributed by atoms with Crippen molar-refractivity contribution in [3.05, 3.63) is 47.7 Å². The number of anilines is 2. The van der Waals surface area contributed by atoms with Crippen LogP contribution in [0.4, 0.5) is 16.4 Å². The Morgan fingerprint density at radius 1 is 1.21 bits per heavy atom. The first-order valence-electron chi connectivity index (χ1n) is 11.7. The molecule has 3 heterocycles. The van der Waals surface area contributed by atoms with Crippen molar-refractivity contribution in [3.8, 4) is 5.75 Å². The molecule has 4 rings (SSSR count). The van der Waals surface area contributed by atoms with Crippen LogP contribution >= 0.6 is 0 Å². The van der Waals surface area contributed by atoms with Gasteiger partial charge in [-0.05, 0) is 58.2 Å². The van der Waals surface area contributed by atoms with E-state index in [4.69, 9.17) is 14.5 Å². The molecule has 1 aliphatic rings. The van der Waals surface area contributed by atoms with Crippen molar-refractivity contribution in [1.82, 2.24) is 19.5 Å². The van der Waals surface area contributed by atoms with Gasteiger partial charge in [-0.2, -0.15) is 9.61 Å². The van der Waals surface area contributed by atoms with Crippen LogP contribution in [0.3, 0.4) is 0 Å². The van der Waals surface area contributed by atoms with Gasteiger partial charge in [-0.1, -0.05) is 12.1 Å². The summed E-state index contributed by atoms with van der Waals surface area (Å²) in [6.45, 7) is 9.61. The number of benzene rings is 1. The predicted octanol–water partition coefficient (Wildman–Crippen LogP) is 4.47. The van der Waals surface area contributed by atoms with Crippen LogP contribution in [0.15, 0.2) is 36.5 Å². The van der Waals surface area contributed by atoms with Gasteiger partial charge in [0.15, 0.2) is 5.65 Å². The maximum absolute atomic E-state index is 12.6. The molecule has 0 bridgehead atoms. The largest absolute Gasteiger partial charge is 0.497 e. The predicted molar refractivity (Wildman–Crippen MR) is 132 cm³/mol. The van der Waals surface area contributed by atoms with Crippen molar-refractivity contribution in [2.75, 3.05) is 30.8 Å². The molecule has 9 heteroatoms. The second-order valence-corrected chi connectivity index (χ2v) is 9.65. The molecule has 1 atom stereocenters. The van der Waals surface area contributed by atoms with Crippen LogP contribution in [0.2, 0.25) is 0 Å². The number of carbonyl (C=O) groups is 1. The first kappa shape index (κ1) is 23.7. The summed E-state index contributed by atoms with van der Waals surface area (Å²) in [5, 5.41) is 11.5. The summed E-state index contributed by atoms with van der Waals surface area (Å²) in [6, 6.07) is 9.95. The lowest BCUT2D eigenvalue weighted by Gasteiger charge is -2.35. The van der Waals surface area contributed by atoms with Crippen LogP contribution in [0, 0.1) is 6.92 Å². The second kappa shape index (κ2) is 9.79. The molecular formula is C25H34N6O3. The molecule has 1 aromatic carbocycles.